The van der Waals surface area contributed by atoms with Gasteiger partial charge in [-0.3, -0.25) is 9.10 Å². The van der Waals surface area contributed by atoms with Crippen molar-refractivity contribution in [1.82, 2.24) is 5.32 Å². The lowest BCUT2D eigenvalue weighted by atomic mass is 9.86. The van der Waals surface area contributed by atoms with Crippen LogP contribution >= 0.6 is 0 Å². The lowest BCUT2D eigenvalue weighted by Gasteiger charge is -2.35. The smallest absolute Gasteiger partial charge is 0.263 e. The summed E-state index contributed by atoms with van der Waals surface area (Å²) < 4.78 is 32.1. The molecule has 1 aliphatic carbocycles. The number of nitrogens with zero attached hydrogens (tertiary/aromatic N) is 1. The molecule has 156 valence electrons. The predicted molar refractivity (Wildman–Crippen MR) is 111 cm³/mol. The third-order valence-corrected chi connectivity index (χ3v) is 6.82. The number of rotatable bonds is 4. The molecule has 1 fully saturated rings. The number of carbonyl (C=O) groups is 1. The SMILES string of the molecule is CC(C)(C)c1ccc2c(c1)N(S(C)(=O)=O)CC(C(=O)NCC1CCCCC1)O2. The summed E-state index contributed by atoms with van der Waals surface area (Å²) in [5, 5.41) is 2.98. The third-order valence-electron chi connectivity index (χ3n) is 5.68. The minimum atomic E-state index is -3.53. The second-order valence-electron chi connectivity index (χ2n) is 9.08. The van der Waals surface area contributed by atoms with Gasteiger partial charge in [-0.15, -0.1) is 0 Å². The predicted octanol–water partition coefficient (Wildman–Crippen LogP) is 3.21. The Bertz CT molecular complexity index is 823. The first-order chi connectivity index (χ1) is 13.1. The van der Waals surface area contributed by atoms with E-state index in [1.54, 1.807) is 6.07 Å². The molecule has 0 bridgehead atoms. The molecule has 2 aliphatic rings. The number of hydrogen-bond acceptors (Lipinski definition) is 4. The van der Waals surface area contributed by atoms with Crippen molar-refractivity contribution in [3.8, 4) is 5.75 Å². The van der Waals surface area contributed by atoms with Crippen LogP contribution in [0.2, 0.25) is 0 Å². The van der Waals surface area contributed by atoms with Crippen molar-refractivity contribution in [2.45, 2.75) is 64.4 Å². The summed E-state index contributed by atoms with van der Waals surface area (Å²) in [6, 6.07) is 5.56. The largest absolute Gasteiger partial charge is 0.476 e. The summed E-state index contributed by atoms with van der Waals surface area (Å²) in [6.45, 7) is 6.85. The average Bonchev–Trinajstić information content (AvgIpc) is 2.64. The molecule has 1 aliphatic heterocycles. The van der Waals surface area contributed by atoms with Crippen LogP contribution in [0.4, 0.5) is 5.69 Å². The van der Waals surface area contributed by atoms with Crippen molar-refractivity contribution >= 4 is 21.6 Å². The molecule has 1 heterocycles. The van der Waals surface area contributed by atoms with Crippen LogP contribution in [-0.2, 0) is 20.2 Å². The fraction of sp³-hybridized carbons (Fsp3) is 0.667. The number of anilines is 1. The summed E-state index contributed by atoms with van der Waals surface area (Å²) in [6.07, 6.45) is 6.30. The lowest BCUT2D eigenvalue weighted by molar-refractivity contribution is -0.128. The third kappa shape index (κ3) is 4.80. The van der Waals surface area contributed by atoms with Crippen molar-refractivity contribution in [2.24, 2.45) is 5.92 Å². The molecule has 0 spiro atoms. The van der Waals surface area contributed by atoms with E-state index in [1.807, 2.05) is 12.1 Å². The molecule has 1 N–H and O–H groups in total. The van der Waals surface area contributed by atoms with E-state index in [4.69, 9.17) is 4.74 Å². The van der Waals surface area contributed by atoms with Gasteiger partial charge in [0, 0.05) is 6.54 Å². The molecule has 1 saturated carbocycles. The van der Waals surface area contributed by atoms with Crippen LogP contribution in [-0.4, -0.2) is 39.8 Å². The van der Waals surface area contributed by atoms with Crippen molar-refractivity contribution in [1.29, 1.82) is 0 Å². The molecule has 28 heavy (non-hydrogen) atoms. The number of nitrogens with one attached hydrogen (secondary N) is 1. The molecule has 1 amide bonds. The second-order valence-corrected chi connectivity index (χ2v) is 11.0. The van der Waals surface area contributed by atoms with E-state index in [9.17, 15) is 13.2 Å². The number of amides is 1. The highest BCUT2D eigenvalue weighted by Crippen LogP contribution is 2.38. The molecule has 1 atom stereocenters. The van der Waals surface area contributed by atoms with Gasteiger partial charge in [-0.2, -0.15) is 0 Å². The minimum absolute atomic E-state index is 0.00404. The fourth-order valence-corrected chi connectivity index (χ4v) is 4.82. The maximum Gasteiger partial charge on any atom is 0.263 e. The van der Waals surface area contributed by atoms with Gasteiger partial charge >= 0.3 is 0 Å². The highest BCUT2D eigenvalue weighted by atomic mass is 32.2. The first-order valence-electron chi connectivity index (χ1n) is 10.1. The Balaban J connectivity index is 1.79. The normalized spacial score (nSPS) is 21.0. The van der Waals surface area contributed by atoms with Crippen LogP contribution in [0.1, 0.15) is 58.4 Å². The number of hydrogen-bond donors (Lipinski definition) is 1. The zero-order valence-corrected chi connectivity index (χ0v) is 18.1. The Morgan fingerprint density at radius 3 is 2.50 bits per heavy atom. The van der Waals surface area contributed by atoms with E-state index in [0.717, 1.165) is 18.4 Å². The van der Waals surface area contributed by atoms with E-state index >= 15 is 0 Å². The molecule has 3 rings (SSSR count). The number of ether oxygens (including phenoxy) is 1. The summed E-state index contributed by atoms with van der Waals surface area (Å²) in [7, 11) is -3.53. The maximum atomic E-state index is 12.7. The van der Waals surface area contributed by atoms with Crippen molar-refractivity contribution in [2.75, 3.05) is 23.7 Å². The van der Waals surface area contributed by atoms with Crippen molar-refractivity contribution in [3.63, 3.8) is 0 Å². The zero-order valence-electron chi connectivity index (χ0n) is 17.3. The van der Waals surface area contributed by atoms with E-state index in [0.29, 0.717) is 23.9 Å². The Morgan fingerprint density at radius 2 is 1.89 bits per heavy atom. The van der Waals surface area contributed by atoms with Gasteiger partial charge in [0.2, 0.25) is 10.0 Å². The molecule has 1 aromatic rings. The first kappa shape index (κ1) is 21.0. The van der Waals surface area contributed by atoms with Gasteiger partial charge in [-0.25, -0.2) is 8.42 Å². The van der Waals surface area contributed by atoms with E-state index in [2.05, 4.69) is 26.1 Å². The molecule has 0 radical (unpaired) electrons. The van der Waals surface area contributed by atoms with Crippen LogP contribution in [0, 0.1) is 5.92 Å². The lowest BCUT2D eigenvalue weighted by Crippen LogP contribution is -2.51. The molecule has 1 aromatic carbocycles. The Morgan fingerprint density at radius 1 is 1.21 bits per heavy atom. The average molecular weight is 409 g/mol. The summed E-state index contributed by atoms with van der Waals surface area (Å²) in [4.78, 5) is 12.7. The highest BCUT2D eigenvalue weighted by molar-refractivity contribution is 7.92. The highest BCUT2D eigenvalue weighted by Gasteiger charge is 2.36. The Hall–Kier alpha value is -1.76. The first-order valence-corrected chi connectivity index (χ1v) is 12.0. The summed E-state index contributed by atoms with van der Waals surface area (Å²) >= 11 is 0. The van der Waals surface area contributed by atoms with Gasteiger partial charge < -0.3 is 10.1 Å². The van der Waals surface area contributed by atoms with Gasteiger partial charge in [0.1, 0.15) is 5.75 Å². The van der Waals surface area contributed by atoms with Gasteiger partial charge in [0.05, 0.1) is 18.5 Å². The van der Waals surface area contributed by atoms with Crippen molar-refractivity contribution in [3.05, 3.63) is 23.8 Å². The molecular weight excluding hydrogens is 376 g/mol. The van der Waals surface area contributed by atoms with Gasteiger partial charge in [0.25, 0.3) is 5.91 Å². The monoisotopic (exact) mass is 408 g/mol. The molecule has 6 nitrogen and oxygen atoms in total. The molecule has 7 heteroatoms. The Kier molecular flexibility index (Phi) is 5.94. The number of sulfonamides is 1. The Labute approximate surface area is 168 Å². The maximum absolute atomic E-state index is 12.7. The van der Waals surface area contributed by atoms with Gasteiger partial charge in [0.15, 0.2) is 6.10 Å². The number of carbonyl (C=O) groups excluding carboxylic acids is 1. The summed E-state index contributed by atoms with van der Waals surface area (Å²) in [5.41, 5.74) is 1.40. The number of fused-ring (bicyclic) bond motifs is 1. The molecule has 1 unspecified atom stereocenters. The van der Waals surface area contributed by atoms with Crippen LogP contribution in [0.25, 0.3) is 0 Å². The molecular formula is C21H32N2O4S. The topological polar surface area (TPSA) is 75.7 Å². The standard InChI is InChI=1S/C21H32N2O4S/c1-21(2,3)16-10-11-18-17(12-16)23(28(4,25)26)14-19(27-18)20(24)22-13-15-8-6-5-7-9-15/h10-12,15,19H,5-9,13-14H2,1-4H3,(H,22,24). The van der Waals surface area contributed by atoms with Crippen LogP contribution in [0.5, 0.6) is 5.75 Å². The van der Waals surface area contributed by atoms with Crippen LogP contribution < -0.4 is 14.4 Å². The zero-order chi connectivity index (χ0) is 20.5. The van der Waals surface area contributed by atoms with E-state index in [-0.39, 0.29) is 17.9 Å². The summed E-state index contributed by atoms with van der Waals surface area (Å²) in [5.74, 6) is 0.696. The van der Waals surface area contributed by atoms with E-state index < -0.39 is 16.1 Å². The quantitative estimate of drug-likeness (QED) is 0.830. The fourth-order valence-electron chi connectivity index (χ4n) is 3.92. The van der Waals surface area contributed by atoms with Crippen LogP contribution in [0.15, 0.2) is 18.2 Å². The van der Waals surface area contributed by atoms with E-state index in [1.165, 1.54) is 29.8 Å². The second kappa shape index (κ2) is 7.93. The molecule has 0 aromatic heterocycles. The minimum Gasteiger partial charge on any atom is -0.476 e. The van der Waals surface area contributed by atoms with Gasteiger partial charge in [-0.05, 0) is 41.9 Å². The number of benzene rings is 1. The van der Waals surface area contributed by atoms with Gasteiger partial charge in [-0.1, -0.05) is 46.1 Å². The van der Waals surface area contributed by atoms with Crippen LogP contribution in [0.3, 0.4) is 0 Å². The van der Waals surface area contributed by atoms with Crippen molar-refractivity contribution < 1.29 is 17.9 Å². The molecule has 0 saturated heterocycles.